The fourth-order valence-corrected chi connectivity index (χ4v) is 14.1. The monoisotopic (exact) mass is 1000 g/mol. The number of para-hydroxylation sites is 2. The van der Waals surface area contributed by atoms with Crippen molar-refractivity contribution in [2.75, 3.05) is 9.80 Å². The van der Waals surface area contributed by atoms with Gasteiger partial charge in [0.05, 0.1) is 22.2 Å². The minimum atomic E-state index is -0.142. The van der Waals surface area contributed by atoms with Crippen molar-refractivity contribution in [3.8, 4) is 22.3 Å². The Morgan fingerprint density at radius 2 is 0.910 bits per heavy atom. The maximum Gasteiger partial charge on any atom is 0.137 e. The van der Waals surface area contributed by atoms with Gasteiger partial charge in [0.15, 0.2) is 0 Å². The average molecular weight is 1000 g/mol. The molecule has 0 saturated carbocycles. The highest BCUT2D eigenvalue weighted by atomic mass is 16.3. The summed E-state index contributed by atoms with van der Waals surface area (Å²) < 4.78 is 9.60. The zero-order chi connectivity index (χ0) is 52.6. The first-order chi connectivity index (χ1) is 37.8. The second kappa shape index (κ2) is 15.7. The number of fused-ring (bicyclic) bond motifs is 17. The maximum absolute atomic E-state index is 7.05. The molecule has 0 bridgehead atoms. The van der Waals surface area contributed by atoms with Crippen LogP contribution in [0.2, 0.25) is 0 Å². The van der Waals surface area contributed by atoms with Gasteiger partial charge in [-0.25, -0.2) is 0 Å². The predicted molar refractivity (Wildman–Crippen MR) is 329 cm³/mol. The number of rotatable bonds is 6. The summed E-state index contributed by atoms with van der Waals surface area (Å²) in [6.45, 7) is 16.4. The maximum atomic E-state index is 7.05. The molecule has 3 aromatic heterocycles. The molecule has 78 heavy (non-hydrogen) atoms. The highest BCUT2D eigenvalue weighted by molar-refractivity contribution is 6.32. The van der Waals surface area contributed by atoms with Gasteiger partial charge in [-0.05, 0) is 163 Å². The molecular weight excluding hydrogens is 947 g/mol. The van der Waals surface area contributed by atoms with E-state index in [0.717, 1.165) is 56.1 Å². The molecule has 374 valence electrons. The molecule has 3 heterocycles. The molecule has 0 unspecified atom stereocenters. The third-order valence-electron chi connectivity index (χ3n) is 18.0. The third-order valence-corrected chi connectivity index (χ3v) is 18.0. The zero-order valence-corrected chi connectivity index (χ0v) is 45.0. The molecule has 0 spiro atoms. The number of benzene rings is 11. The van der Waals surface area contributed by atoms with Gasteiger partial charge in [0, 0.05) is 77.7 Å². The summed E-state index contributed by atoms with van der Waals surface area (Å²) in [7, 11) is 0. The molecule has 2 aliphatic rings. The molecule has 16 rings (SSSR count). The lowest BCUT2D eigenvalue weighted by Gasteiger charge is -2.29. The number of furan rings is 1. The van der Waals surface area contributed by atoms with E-state index in [1.54, 1.807) is 0 Å². The minimum absolute atomic E-state index is 0.0388. The SMILES string of the molecule is CC(C)(C)c1ccc2c(c1)c1c(N(c3ccccc3)c3ccc4c(c3)C(C)(C)c3ccccc3-4)ccc3c4c5cc6oc7cc(N(c8ccccc8)c8ccc9c(c8)C(C)(C)c8ccccc8-9)ccc7c6cc5ccc4n2c31. The van der Waals surface area contributed by atoms with Crippen LogP contribution in [0.4, 0.5) is 34.1 Å². The highest BCUT2D eigenvalue weighted by Crippen LogP contribution is 2.55. The normalized spacial score (nSPS) is 14.3. The first-order valence-electron chi connectivity index (χ1n) is 27.6. The summed E-state index contributed by atoms with van der Waals surface area (Å²) >= 11 is 0. The quantitative estimate of drug-likeness (QED) is 0.166. The predicted octanol–water partition coefficient (Wildman–Crippen LogP) is 20.7. The fraction of sp³-hybridized carbons (Fsp3) is 0.135. The van der Waals surface area contributed by atoms with Gasteiger partial charge in [0.1, 0.15) is 11.2 Å². The molecule has 4 heteroatoms. The summed E-state index contributed by atoms with van der Waals surface area (Å²) in [5.41, 5.74) is 23.8. The summed E-state index contributed by atoms with van der Waals surface area (Å²) in [6.07, 6.45) is 0. The Balaban J connectivity index is 0.892. The van der Waals surface area contributed by atoms with E-state index in [2.05, 4.69) is 281 Å². The Kier molecular flexibility index (Phi) is 9.10. The second-order valence-corrected chi connectivity index (χ2v) is 24.1. The van der Waals surface area contributed by atoms with Crippen molar-refractivity contribution in [3.05, 3.63) is 246 Å². The average Bonchev–Trinajstić information content (AvgIpc) is 4.19. The Hall–Kier alpha value is -9.12. The zero-order valence-electron chi connectivity index (χ0n) is 45.0. The molecule has 0 fully saturated rings. The van der Waals surface area contributed by atoms with E-state index in [4.69, 9.17) is 4.42 Å². The summed E-state index contributed by atoms with van der Waals surface area (Å²) in [5, 5.41) is 9.58. The van der Waals surface area contributed by atoms with Gasteiger partial charge in [-0.15, -0.1) is 0 Å². The third kappa shape index (κ3) is 6.17. The second-order valence-electron chi connectivity index (χ2n) is 24.1. The number of anilines is 6. The van der Waals surface area contributed by atoms with Crippen LogP contribution >= 0.6 is 0 Å². The van der Waals surface area contributed by atoms with E-state index in [1.165, 1.54) is 98.9 Å². The number of hydrogen-bond acceptors (Lipinski definition) is 3. The highest BCUT2D eigenvalue weighted by Gasteiger charge is 2.38. The molecule has 14 aromatic rings. The van der Waals surface area contributed by atoms with Crippen LogP contribution in [0.1, 0.15) is 76.3 Å². The van der Waals surface area contributed by atoms with Crippen molar-refractivity contribution in [2.45, 2.75) is 64.7 Å². The Morgan fingerprint density at radius 1 is 0.372 bits per heavy atom. The minimum Gasteiger partial charge on any atom is -0.456 e. The van der Waals surface area contributed by atoms with Crippen LogP contribution in [-0.4, -0.2) is 4.40 Å². The van der Waals surface area contributed by atoms with Crippen molar-refractivity contribution >= 4 is 105 Å². The Morgan fingerprint density at radius 3 is 1.56 bits per heavy atom. The smallest absolute Gasteiger partial charge is 0.137 e. The summed E-state index contributed by atoms with van der Waals surface area (Å²) in [5.74, 6) is 0. The Bertz CT molecular complexity index is 4830. The van der Waals surface area contributed by atoms with Gasteiger partial charge < -0.3 is 18.6 Å². The van der Waals surface area contributed by atoms with Gasteiger partial charge >= 0.3 is 0 Å². The van der Waals surface area contributed by atoms with Crippen LogP contribution in [0.3, 0.4) is 0 Å². The first-order valence-corrected chi connectivity index (χ1v) is 27.6. The van der Waals surface area contributed by atoms with E-state index in [9.17, 15) is 0 Å². The molecule has 2 aliphatic carbocycles. The van der Waals surface area contributed by atoms with Gasteiger partial charge in [-0.1, -0.05) is 164 Å². The lowest BCUT2D eigenvalue weighted by Crippen LogP contribution is -2.16. The van der Waals surface area contributed by atoms with E-state index in [-0.39, 0.29) is 16.2 Å². The first kappa shape index (κ1) is 45.1. The molecule has 11 aromatic carbocycles. The number of hydrogen-bond donors (Lipinski definition) is 0. The van der Waals surface area contributed by atoms with Gasteiger partial charge in [-0.2, -0.15) is 0 Å². The van der Waals surface area contributed by atoms with Crippen molar-refractivity contribution in [2.24, 2.45) is 0 Å². The van der Waals surface area contributed by atoms with Gasteiger partial charge in [-0.3, -0.25) is 0 Å². The lowest BCUT2D eigenvalue weighted by atomic mass is 9.82. The molecule has 0 N–H and O–H groups in total. The molecule has 0 amide bonds. The van der Waals surface area contributed by atoms with Crippen LogP contribution in [0.5, 0.6) is 0 Å². The molecule has 0 aliphatic heterocycles. The van der Waals surface area contributed by atoms with Crippen LogP contribution in [0.25, 0.3) is 93.1 Å². The van der Waals surface area contributed by atoms with E-state index in [0.29, 0.717) is 0 Å². The molecular formula is C74H57N3O. The molecule has 0 saturated heterocycles. The topological polar surface area (TPSA) is 24.0 Å². The number of aromatic nitrogens is 1. The lowest BCUT2D eigenvalue weighted by molar-refractivity contribution is 0.591. The number of nitrogens with zero attached hydrogens (tertiary/aromatic N) is 3. The standard InChI is InChI=1S/C74H57N3O/c1-72(2,3)45-27-36-64-59(39-45)70-66(76(47-20-12-9-13-21-47)49-29-32-54-52-23-15-17-25-61(52)74(6,7)63(54)41-49)37-34-56-69-57-43-68-58(38-44(57)26-35-65(69)77(64)71(56)70)55-33-30-50(42-67(55)78-68)75(46-18-10-8-11-19-46)48-28-31-53-51-22-14-16-24-60(51)73(4,5)62(53)40-48/h8-43H,1-7H3. The van der Waals surface area contributed by atoms with Crippen LogP contribution in [0, 0.1) is 0 Å². The fourth-order valence-electron chi connectivity index (χ4n) is 14.1. The summed E-state index contributed by atoms with van der Waals surface area (Å²) in [4.78, 5) is 4.87. The largest absolute Gasteiger partial charge is 0.456 e. The van der Waals surface area contributed by atoms with Crippen molar-refractivity contribution in [1.29, 1.82) is 0 Å². The molecule has 0 atom stereocenters. The summed E-state index contributed by atoms with van der Waals surface area (Å²) in [6, 6.07) is 81.6. The van der Waals surface area contributed by atoms with Crippen LogP contribution < -0.4 is 9.80 Å². The van der Waals surface area contributed by atoms with Crippen LogP contribution in [0.15, 0.2) is 223 Å². The van der Waals surface area contributed by atoms with Gasteiger partial charge in [0.2, 0.25) is 0 Å². The van der Waals surface area contributed by atoms with Crippen molar-refractivity contribution in [1.82, 2.24) is 4.40 Å². The molecule has 4 nitrogen and oxygen atoms in total. The molecule has 0 radical (unpaired) electrons. The van der Waals surface area contributed by atoms with Crippen molar-refractivity contribution < 1.29 is 4.42 Å². The van der Waals surface area contributed by atoms with E-state index < -0.39 is 0 Å². The Labute approximate surface area is 454 Å². The van der Waals surface area contributed by atoms with E-state index in [1.807, 2.05) is 0 Å². The van der Waals surface area contributed by atoms with Crippen LogP contribution in [-0.2, 0) is 16.2 Å². The van der Waals surface area contributed by atoms with E-state index >= 15 is 0 Å². The van der Waals surface area contributed by atoms with Crippen molar-refractivity contribution in [3.63, 3.8) is 0 Å². The van der Waals surface area contributed by atoms with Gasteiger partial charge in [0.25, 0.3) is 0 Å².